The second-order valence-electron chi connectivity index (χ2n) is 5.38. The van der Waals surface area contributed by atoms with Gasteiger partial charge in [-0.2, -0.15) is 26.3 Å². The predicted molar refractivity (Wildman–Crippen MR) is 69.3 cm³/mol. The lowest BCUT2D eigenvalue weighted by atomic mass is 9.96. The molecule has 1 N–H and O–H groups in total. The van der Waals surface area contributed by atoms with E-state index in [9.17, 15) is 30.7 Å². The molecule has 1 aliphatic rings. The smallest absolute Gasteiger partial charge is 0.314 e. The Hall–Kier alpha value is -1.35. The first-order valence-corrected chi connectivity index (χ1v) is 6.94. The molecule has 2 nitrogen and oxygen atoms in total. The second-order valence-corrected chi connectivity index (χ2v) is 5.38. The van der Waals surface area contributed by atoms with Crippen LogP contribution in [-0.2, 0) is 12.4 Å². The lowest BCUT2D eigenvalue weighted by molar-refractivity contribution is -0.144. The third kappa shape index (κ3) is 3.95. The molecule has 1 atom stereocenters. The molecule has 130 valence electrons. The number of piperazine rings is 1. The van der Waals surface area contributed by atoms with Crippen molar-refractivity contribution in [2.45, 2.75) is 25.3 Å². The Morgan fingerprint density at radius 2 is 1.57 bits per heavy atom. The zero-order valence-electron chi connectivity index (χ0n) is 12.2. The van der Waals surface area contributed by atoms with Crippen LogP contribution in [0.3, 0.4) is 0 Å². The Morgan fingerprint density at radius 1 is 1.00 bits per heavy atom. The summed E-state index contributed by atoms with van der Waals surface area (Å²) in [4.78, 5) is 1.61. The van der Waals surface area contributed by atoms with Gasteiger partial charge in [0, 0.05) is 37.8 Å². The number of hydrogen-bond acceptors (Lipinski definition) is 2. The lowest BCUT2D eigenvalue weighted by Crippen LogP contribution is -2.45. The topological polar surface area (TPSA) is 15.3 Å². The van der Waals surface area contributed by atoms with E-state index in [-0.39, 0.29) is 12.1 Å². The summed E-state index contributed by atoms with van der Waals surface area (Å²) >= 11 is 0. The molecule has 0 aromatic heterocycles. The standard InChI is InChI=1S/C14H15F7N2/c1-8(23-4-2-22-3-5-23)12-10(14(19,20)21)6-9(7-11(12)15)13(16,17)18/h6-8,22H,2-5H2,1H3/t8-/m1/s1. The van der Waals surface area contributed by atoms with Crippen molar-refractivity contribution >= 4 is 0 Å². The minimum Gasteiger partial charge on any atom is -0.314 e. The Labute approximate surface area is 128 Å². The summed E-state index contributed by atoms with van der Waals surface area (Å²) in [6.45, 7) is 3.19. The molecule has 1 heterocycles. The van der Waals surface area contributed by atoms with Gasteiger partial charge in [0.1, 0.15) is 5.82 Å². The van der Waals surface area contributed by atoms with Crippen LogP contribution in [0.2, 0.25) is 0 Å². The van der Waals surface area contributed by atoms with Crippen LogP contribution in [0.4, 0.5) is 30.7 Å². The molecule has 0 radical (unpaired) electrons. The average molecular weight is 344 g/mol. The number of nitrogens with one attached hydrogen (secondary N) is 1. The summed E-state index contributed by atoms with van der Waals surface area (Å²) in [6, 6.07) is -0.864. The number of benzene rings is 1. The van der Waals surface area contributed by atoms with Gasteiger partial charge in [-0.25, -0.2) is 4.39 Å². The van der Waals surface area contributed by atoms with Crippen molar-refractivity contribution in [2.24, 2.45) is 0 Å². The van der Waals surface area contributed by atoms with Gasteiger partial charge >= 0.3 is 12.4 Å². The highest BCUT2D eigenvalue weighted by Gasteiger charge is 2.41. The number of rotatable bonds is 2. The summed E-state index contributed by atoms with van der Waals surface area (Å²) in [5, 5.41) is 3.00. The van der Waals surface area contributed by atoms with Crippen LogP contribution in [-0.4, -0.2) is 31.1 Å². The zero-order valence-corrected chi connectivity index (χ0v) is 12.2. The number of nitrogens with zero attached hydrogens (tertiary/aromatic N) is 1. The first kappa shape index (κ1) is 18.0. The zero-order chi connectivity index (χ0) is 17.4. The maximum atomic E-state index is 14.1. The van der Waals surface area contributed by atoms with E-state index in [1.807, 2.05) is 0 Å². The van der Waals surface area contributed by atoms with E-state index >= 15 is 0 Å². The van der Waals surface area contributed by atoms with Crippen molar-refractivity contribution in [3.63, 3.8) is 0 Å². The van der Waals surface area contributed by atoms with E-state index in [1.165, 1.54) is 6.92 Å². The molecule has 0 amide bonds. The van der Waals surface area contributed by atoms with Crippen molar-refractivity contribution in [2.75, 3.05) is 26.2 Å². The van der Waals surface area contributed by atoms with Gasteiger partial charge in [0.2, 0.25) is 0 Å². The molecule has 1 saturated heterocycles. The Kier molecular flexibility index (Phi) is 4.91. The van der Waals surface area contributed by atoms with Gasteiger partial charge in [-0.05, 0) is 19.1 Å². The summed E-state index contributed by atoms with van der Waals surface area (Å²) in [7, 11) is 0. The van der Waals surface area contributed by atoms with E-state index in [0.29, 0.717) is 26.2 Å². The SMILES string of the molecule is C[C@H](c1c(F)cc(C(F)(F)F)cc1C(F)(F)F)N1CCNCC1. The van der Waals surface area contributed by atoms with Gasteiger partial charge in [0.25, 0.3) is 0 Å². The normalized spacial score (nSPS) is 19.0. The van der Waals surface area contributed by atoms with Crippen LogP contribution >= 0.6 is 0 Å². The van der Waals surface area contributed by atoms with E-state index in [1.54, 1.807) is 4.90 Å². The molecule has 0 spiro atoms. The largest absolute Gasteiger partial charge is 0.416 e. The van der Waals surface area contributed by atoms with E-state index in [4.69, 9.17) is 0 Å². The molecular formula is C14H15F7N2. The van der Waals surface area contributed by atoms with Crippen LogP contribution in [0, 0.1) is 5.82 Å². The van der Waals surface area contributed by atoms with Crippen molar-refractivity contribution in [1.82, 2.24) is 10.2 Å². The molecule has 23 heavy (non-hydrogen) atoms. The summed E-state index contributed by atoms with van der Waals surface area (Å²) in [5.74, 6) is -1.49. The summed E-state index contributed by atoms with van der Waals surface area (Å²) in [6.07, 6.45) is -10.1. The fourth-order valence-electron chi connectivity index (χ4n) is 2.69. The third-order valence-corrected chi connectivity index (χ3v) is 3.88. The minimum atomic E-state index is -5.07. The Morgan fingerprint density at radius 3 is 2.04 bits per heavy atom. The van der Waals surface area contributed by atoms with Gasteiger partial charge in [-0.3, -0.25) is 4.90 Å². The third-order valence-electron chi connectivity index (χ3n) is 3.88. The van der Waals surface area contributed by atoms with Crippen molar-refractivity contribution < 1.29 is 30.7 Å². The fraction of sp³-hybridized carbons (Fsp3) is 0.571. The molecular weight excluding hydrogens is 329 g/mol. The molecule has 1 fully saturated rings. The van der Waals surface area contributed by atoms with Crippen molar-refractivity contribution in [3.8, 4) is 0 Å². The Bertz CT molecular complexity index is 559. The van der Waals surface area contributed by atoms with E-state index in [2.05, 4.69) is 5.32 Å². The number of alkyl halides is 6. The van der Waals surface area contributed by atoms with Crippen LogP contribution < -0.4 is 5.32 Å². The predicted octanol–water partition coefficient (Wildman–Crippen LogP) is 3.83. The van der Waals surface area contributed by atoms with Gasteiger partial charge < -0.3 is 5.32 Å². The molecule has 1 aromatic rings. The van der Waals surface area contributed by atoms with Gasteiger partial charge in [-0.1, -0.05) is 0 Å². The average Bonchev–Trinajstić information content (AvgIpc) is 2.44. The molecule has 9 heteroatoms. The first-order valence-electron chi connectivity index (χ1n) is 6.94. The monoisotopic (exact) mass is 344 g/mol. The first-order chi connectivity index (χ1) is 10.5. The van der Waals surface area contributed by atoms with Crippen LogP contribution in [0.25, 0.3) is 0 Å². The number of hydrogen-bond donors (Lipinski definition) is 1. The van der Waals surface area contributed by atoms with Gasteiger partial charge in [0.15, 0.2) is 0 Å². The summed E-state index contributed by atoms with van der Waals surface area (Å²) in [5.41, 5.74) is -3.96. The van der Waals surface area contributed by atoms with Gasteiger partial charge in [-0.15, -0.1) is 0 Å². The Balaban J connectivity index is 2.53. The molecule has 1 aliphatic heterocycles. The maximum absolute atomic E-state index is 14.1. The minimum absolute atomic E-state index is 0.0168. The van der Waals surface area contributed by atoms with Crippen LogP contribution in [0.15, 0.2) is 12.1 Å². The van der Waals surface area contributed by atoms with E-state index < -0.39 is 40.9 Å². The molecule has 0 saturated carbocycles. The van der Waals surface area contributed by atoms with Crippen LogP contribution in [0.1, 0.15) is 29.7 Å². The molecule has 0 bridgehead atoms. The highest BCUT2D eigenvalue weighted by atomic mass is 19.4. The molecule has 0 unspecified atom stereocenters. The second kappa shape index (κ2) is 6.27. The van der Waals surface area contributed by atoms with Crippen molar-refractivity contribution in [1.29, 1.82) is 0 Å². The summed E-state index contributed by atoms with van der Waals surface area (Å²) < 4.78 is 91.6. The molecule has 2 rings (SSSR count). The molecule has 1 aromatic carbocycles. The lowest BCUT2D eigenvalue weighted by Gasteiger charge is -2.34. The van der Waals surface area contributed by atoms with Gasteiger partial charge in [0.05, 0.1) is 11.1 Å². The highest BCUT2D eigenvalue weighted by molar-refractivity contribution is 5.38. The van der Waals surface area contributed by atoms with E-state index in [0.717, 1.165) is 0 Å². The quantitative estimate of drug-likeness (QED) is 0.821. The number of halogens is 7. The molecule has 0 aliphatic carbocycles. The maximum Gasteiger partial charge on any atom is 0.416 e. The van der Waals surface area contributed by atoms with Crippen LogP contribution in [0.5, 0.6) is 0 Å². The highest BCUT2D eigenvalue weighted by Crippen LogP contribution is 2.41. The van der Waals surface area contributed by atoms with Crippen molar-refractivity contribution in [3.05, 3.63) is 34.6 Å². The fourth-order valence-corrected chi connectivity index (χ4v) is 2.69.